The summed E-state index contributed by atoms with van der Waals surface area (Å²) in [5.74, 6) is 0.294. The fraction of sp³-hybridized carbons (Fsp3) is 0.150. The van der Waals surface area contributed by atoms with Crippen molar-refractivity contribution in [3.63, 3.8) is 0 Å². The Morgan fingerprint density at radius 1 is 1.14 bits per heavy atom. The lowest BCUT2D eigenvalue weighted by molar-refractivity contribution is -0.113. The summed E-state index contributed by atoms with van der Waals surface area (Å²) in [6.07, 6.45) is 1.05. The molecular formula is C20H19ClN2O4S2. The molecule has 3 aromatic carbocycles. The number of hydrogen-bond donors (Lipinski definition) is 2. The molecule has 0 fully saturated rings. The van der Waals surface area contributed by atoms with E-state index in [4.69, 9.17) is 16.3 Å². The van der Waals surface area contributed by atoms with Crippen LogP contribution in [0.5, 0.6) is 5.75 Å². The molecule has 0 radical (unpaired) electrons. The molecule has 3 rings (SSSR count). The fourth-order valence-corrected chi connectivity index (χ4v) is 4.59. The van der Waals surface area contributed by atoms with E-state index in [1.807, 2.05) is 36.4 Å². The Bertz CT molecular complexity index is 1160. The van der Waals surface area contributed by atoms with Gasteiger partial charge in [-0.3, -0.25) is 9.52 Å². The van der Waals surface area contributed by atoms with Crippen LogP contribution in [-0.4, -0.2) is 33.4 Å². The van der Waals surface area contributed by atoms with E-state index in [1.165, 1.54) is 24.9 Å². The van der Waals surface area contributed by atoms with E-state index < -0.39 is 10.0 Å². The van der Waals surface area contributed by atoms with Crippen molar-refractivity contribution in [2.45, 2.75) is 4.90 Å². The molecule has 6 nitrogen and oxygen atoms in total. The molecule has 2 N–H and O–H groups in total. The molecule has 0 aliphatic carbocycles. The summed E-state index contributed by atoms with van der Waals surface area (Å²) in [7, 11) is -2.01. The van der Waals surface area contributed by atoms with Crippen molar-refractivity contribution in [1.82, 2.24) is 0 Å². The summed E-state index contributed by atoms with van der Waals surface area (Å²) < 4.78 is 30.4. The van der Waals surface area contributed by atoms with Gasteiger partial charge in [0.15, 0.2) is 0 Å². The zero-order chi connectivity index (χ0) is 21.0. The second kappa shape index (κ2) is 8.94. The fourth-order valence-electron chi connectivity index (χ4n) is 2.78. The Hall–Kier alpha value is -2.42. The molecule has 29 heavy (non-hydrogen) atoms. The van der Waals surface area contributed by atoms with Gasteiger partial charge in [-0.05, 0) is 29.7 Å². The summed E-state index contributed by atoms with van der Waals surface area (Å²) >= 11 is 7.72. The number of benzene rings is 3. The summed E-state index contributed by atoms with van der Waals surface area (Å²) in [5, 5.41) is 5.37. The van der Waals surface area contributed by atoms with Gasteiger partial charge in [0.1, 0.15) is 5.75 Å². The average molecular weight is 451 g/mol. The van der Waals surface area contributed by atoms with Crippen LogP contribution in [0.1, 0.15) is 0 Å². The third-order valence-corrected chi connectivity index (χ3v) is 5.92. The number of ether oxygens (including phenoxy) is 1. The van der Waals surface area contributed by atoms with Crippen LogP contribution in [-0.2, 0) is 14.8 Å². The van der Waals surface area contributed by atoms with Gasteiger partial charge in [0, 0.05) is 27.1 Å². The van der Waals surface area contributed by atoms with Gasteiger partial charge in [-0.2, -0.15) is 0 Å². The minimum atomic E-state index is -3.44. The van der Waals surface area contributed by atoms with Crippen molar-refractivity contribution >= 4 is 61.4 Å². The molecule has 0 spiro atoms. The highest BCUT2D eigenvalue weighted by Gasteiger charge is 2.12. The van der Waals surface area contributed by atoms with E-state index in [0.717, 1.165) is 21.9 Å². The molecule has 0 unspecified atom stereocenters. The number of thioether (sulfide) groups is 1. The van der Waals surface area contributed by atoms with E-state index in [-0.39, 0.29) is 11.7 Å². The van der Waals surface area contributed by atoms with E-state index in [9.17, 15) is 13.2 Å². The van der Waals surface area contributed by atoms with Crippen molar-refractivity contribution in [3.8, 4) is 5.75 Å². The van der Waals surface area contributed by atoms with Crippen molar-refractivity contribution in [2.24, 2.45) is 0 Å². The van der Waals surface area contributed by atoms with E-state index >= 15 is 0 Å². The highest BCUT2D eigenvalue weighted by atomic mass is 35.5. The molecular weight excluding hydrogens is 432 g/mol. The van der Waals surface area contributed by atoms with Crippen LogP contribution >= 0.6 is 23.4 Å². The normalized spacial score (nSPS) is 11.3. The predicted molar refractivity (Wildman–Crippen MR) is 120 cm³/mol. The monoisotopic (exact) mass is 450 g/mol. The number of amides is 1. The Balaban J connectivity index is 1.70. The third-order valence-electron chi connectivity index (χ3n) is 3.96. The number of halogens is 1. The summed E-state index contributed by atoms with van der Waals surface area (Å²) in [6.45, 7) is 0. The number of carbonyl (C=O) groups is 1. The standard InChI is InChI=1S/C20H19ClN2O4S2/c1-27-17-11-14(9-10-16(17)23-29(2,25)26)22-19(24)12-28-18-8-4-6-13-5-3-7-15(21)20(13)18/h3-11,23H,12H2,1-2H3,(H,22,24). The predicted octanol–water partition coefficient (Wildman–Crippen LogP) is 4.60. The zero-order valence-electron chi connectivity index (χ0n) is 15.7. The Morgan fingerprint density at radius 3 is 2.55 bits per heavy atom. The highest BCUT2D eigenvalue weighted by Crippen LogP contribution is 2.33. The van der Waals surface area contributed by atoms with Crippen molar-refractivity contribution < 1.29 is 17.9 Å². The van der Waals surface area contributed by atoms with E-state index in [2.05, 4.69) is 10.0 Å². The smallest absolute Gasteiger partial charge is 0.234 e. The van der Waals surface area contributed by atoms with Gasteiger partial charge in [-0.1, -0.05) is 35.9 Å². The molecule has 0 aliphatic rings. The molecule has 0 heterocycles. The number of rotatable bonds is 7. The van der Waals surface area contributed by atoms with Crippen LogP contribution in [0.3, 0.4) is 0 Å². The molecule has 9 heteroatoms. The summed E-state index contributed by atoms with van der Waals surface area (Å²) in [4.78, 5) is 13.3. The van der Waals surface area contributed by atoms with E-state index in [1.54, 1.807) is 12.1 Å². The maximum absolute atomic E-state index is 12.4. The lowest BCUT2D eigenvalue weighted by Gasteiger charge is -2.12. The van der Waals surface area contributed by atoms with Crippen LogP contribution in [0.4, 0.5) is 11.4 Å². The molecule has 0 saturated carbocycles. The van der Waals surface area contributed by atoms with Crippen LogP contribution in [0, 0.1) is 0 Å². The number of fused-ring (bicyclic) bond motifs is 1. The summed E-state index contributed by atoms with van der Waals surface area (Å²) in [6, 6.07) is 16.2. The quantitative estimate of drug-likeness (QED) is 0.514. The van der Waals surface area contributed by atoms with Crippen LogP contribution in [0.25, 0.3) is 10.8 Å². The first kappa shape index (κ1) is 21.3. The van der Waals surface area contributed by atoms with Crippen LogP contribution < -0.4 is 14.8 Å². The van der Waals surface area contributed by atoms with Crippen molar-refractivity contribution in [3.05, 3.63) is 59.6 Å². The van der Waals surface area contributed by atoms with Gasteiger partial charge in [0.05, 0.1) is 24.8 Å². The van der Waals surface area contributed by atoms with Gasteiger partial charge in [0.2, 0.25) is 15.9 Å². The van der Waals surface area contributed by atoms with E-state index in [0.29, 0.717) is 22.1 Å². The minimum Gasteiger partial charge on any atom is -0.494 e. The molecule has 0 saturated heterocycles. The molecule has 3 aromatic rings. The molecule has 152 valence electrons. The first-order valence-electron chi connectivity index (χ1n) is 8.52. The van der Waals surface area contributed by atoms with Gasteiger partial charge in [-0.15, -0.1) is 11.8 Å². The van der Waals surface area contributed by atoms with Gasteiger partial charge < -0.3 is 10.1 Å². The number of carbonyl (C=O) groups excluding carboxylic acids is 1. The Morgan fingerprint density at radius 2 is 1.86 bits per heavy atom. The lowest BCUT2D eigenvalue weighted by atomic mass is 10.1. The Kier molecular flexibility index (Phi) is 6.56. The SMILES string of the molecule is COc1cc(NC(=O)CSc2cccc3cccc(Cl)c23)ccc1NS(C)(=O)=O. The topological polar surface area (TPSA) is 84.5 Å². The number of hydrogen-bond acceptors (Lipinski definition) is 5. The number of sulfonamides is 1. The van der Waals surface area contributed by atoms with Crippen LogP contribution in [0.15, 0.2) is 59.5 Å². The maximum atomic E-state index is 12.4. The third kappa shape index (κ3) is 5.56. The maximum Gasteiger partial charge on any atom is 0.234 e. The zero-order valence-corrected chi connectivity index (χ0v) is 18.1. The van der Waals surface area contributed by atoms with Gasteiger partial charge >= 0.3 is 0 Å². The van der Waals surface area contributed by atoms with Crippen molar-refractivity contribution in [1.29, 1.82) is 0 Å². The van der Waals surface area contributed by atoms with Gasteiger partial charge in [0.25, 0.3) is 0 Å². The summed E-state index contributed by atoms with van der Waals surface area (Å²) in [5.41, 5.74) is 0.801. The van der Waals surface area contributed by atoms with Gasteiger partial charge in [-0.25, -0.2) is 8.42 Å². The Labute approximate surface area is 178 Å². The first-order valence-corrected chi connectivity index (χ1v) is 11.8. The molecule has 0 aliphatic heterocycles. The van der Waals surface area contributed by atoms with Crippen molar-refractivity contribution in [2.75, 3.05) is 29.2 Å². The average Bonchev–Trinajstić information content (AvgIpc) is 2.66. The second-order valence-electron chi connectivity index (χ2n) is 6.22. The second-order valence-corrected chi connectivity index (χ2v) is 9.39. The highest BCUT2D eigenvalue weighted by molar-refractivity contribution is 8.00. The lowest BCUT2D eigenvalue weighted by Crippen LogP contribution is -2.15. The molecule has 0 bridgehead atoms. The molecule has 0 aromatic heterocycles. The number of methoxy groups -OCH3 is 1. The van der Waals surface area contributed by atoms with Crippen LogP contribution in [0.2, 0.25) is 5.02 Å². The largest absolute Gasteiger partial charge is 0.494 e. The minimum absolute atomic E-state index is 0.190. The molecule has 0 atom stereocenters. The first-order chi connectivity index (χ1) is 13.8. The number of nitrogens with one attached hydrogen (secondary N) is 2. The number of anilines is 2. The molecule has 1 amide bonds.